The summed E-state index contributed by atoms with van der Waals surface area (Å²) in [4.78, 5) is 1.92. The highest BCUT2D eigenvalue weighted by atomic mass is 19.4. The molecular weight excluding hydrogens is 311 g/mol. The van der Waals surface area contributed by atoms with Gasteiger partial charge in [0, 0.05) is 25.7 Å². The van der Waals surface area contributed by atoms with Crippen molar-refractivity contribution in [3.63, 3.8) is 0 Å². The molecule has 1 aromatic rings. The Morgan fingerprint density at radius 3 is 2.43 bits per heavy atom. The average Bonchev–Trinajstić information content (AvgIpc) is 2.83. The van der Waals surface area contributed by atoms with Crippen LogP contribution in [0.5, 0.6) is 0 Å². The molecule has 4 nitrogen and oxygen atoms in total. The molecule has 0 aromatic heterocycles. The molecule has 0 spiro atoms. The molecule has 0 bridgehead atoms. The first-order valence-corrected chi connectivity index (χ1v) is 7.43. The van der Waals surface area contributed by atoms with E-state index in [0.717, 1.165) is 12.1 Å². The van der Waals surface area contributed by atoms with E-state index in [9.17, 15) is 23.4 Å². The van der Waals surface area contributed by atoms with E-state index in [2.05, 4.69) is 0 Å². The molecule has 0 aliphatic carbocycles. The molecule has 2 N–H and O–H groups in total. The number of hydrogen-bond acceptors (Lipinski definition) is 4. The molecule has 2 rings (SSSR count). The summed E-state index contributed by atoms with van der Waals surface area (Å²) < 4.78 is 43.0. The van der Waals surface area contributed by atoms with Gasteiger partial charge in [0.1, 0.15) is 0 Å². The van der Waals surface area contributed by atoms with Gasteiger partial charge in [0.25, 0.3) is 0 Å². The highest BCUT2D eigenvalue weighted by Gasteiger charge is 2.42. The number of likely N-dealkylation sites (tertiary alicyclic amines) is 1. The van der Waals surface area contributed by atoms with Gasteiger partial charge < -0.3 is 14.9 Å². The zero-order chi connectivity index (χ0) is 17.3. The second-order valence-electron chi connectivity index (χ2n) is 6.26. The Morgan fingerprint density at radius 2 is 1.96 bits per heavy atom. The maximum Gasteiger partial charge on any atom is 0.416 e. The Labute approximate surface area is 133 Å². The van der Waals surface area contributed by atoms with Gasteiger partial charge in [-0.2, -0.15) is 13.2 Å². The molecular formula is C16H22F3NO3. The van der Waals surface area contributed by atoms with Gasteiger partial charge in [0.2, 0.25) is 0 Å². The van der Waals surface area contributed by atoms with Gasteiger partial charge in [-0.1, -0.05) is 12.1 Å². The molecule has 1 heterocycles. The summed E-state index contributed by atoms with van der Waals surface area (Å²) in [6, 6.07) is 4.50. The smallest absolute Gasteiger partial charge is 0.394 e. The first-order valence-electron chi connectivity index (χ1n) is 7.43. The van der Waals surface area contributed by atoms with Crippen LogP contribution in [0.15, 0.2) is 24.3 Å². The zero-order valence-corrected chi connectivity index (χ0v) is 13.2. The Balaban J connectivity index is 2.07. The third kappa shape index (κ3) is 4.03. The van der Waals surface area contributed by atoms with Gasteiger partial charge >= 0.3 is 6.18 Å². The van der Waals surface area contributed by atoms with Crippen molar-refractivity contribution < 1.29 is 28.1 Å². The predicted octanol–water partition coefficient (Wildman–Crippen LogP) is 2.21. The highest BCUT2D eigenvalue weighted by molar-refractivity contribution is 5.26. The summed E-state index contributed by atoms with van der Waals surface area (Å²) in [6.07, 6.45) is -4.72. The van der Waals surface area contributed by atoms with Crippen LogP contribution in [0.25, 0.3) is 0 Å². The van der Waals surface area contributed by atoms with Crippen molar-refractivity contribution in [3.05, 3.63) is 35.4 Å². The lowest BCUT2D eigenvalue weighted by Gasteiger charge is -2.34. The lowest BCUT2D eigenvalue weighted by atomic mass is 9.98. The minimum absolute atomic E-state index is 0.0352. The Bertz CT molecular complexity index is 520. The van der Waals surface area contributed by atoms with Gasteiger partial charge in [-0.3, -0.25) is 4.90 Å². The van der Waals surface area contributed by atoms with Crippen LogP contribution < -0.4 is 0 Å². The summed E-state index contributed by atoms with van der Waals surface area (Å²) in [6.45, 7) is 2.59. The minimum atomic E-state index is -4.39. The minimum Gasteiger partial charge on any atom is -0.394 e. The second kappa shape index (κ2) is 6.76. The number of alkyl halides is 3. The van der Waals surface area contributed by atoms with Crippen molar-refractivity contribution in [1.82, 2.24) is 4.90 Å². The zero-order valence-electron chi connectivity index (χ0n) is 13.2. The summed E-state index contributed by atoms with van der Waals surface area (Å²) in [5, 5.41) is 19.9. The van der Waals surface area contributed by atoms with Crippen molar-refractivity contribution in [2.45, 2.75) is 37.3 Å². The molecule has 1 aromatic carbocycles. The molecule has 1 saturated heterocycles. The van der Waals surface area contributed by atoms with Crippen molar-refractivity contribution in [2.75, 3.05) is 26.8 Å². The fourth-order valence-corrected chi connectivity index (χ4v) is 2.98. The van der Waals surface area contributed by atoms with Crippen molar-refractivity contribution in [2.24, 2.45) is 0 Å². The van der Waals surface area contributed by atoms with Crippen LogP contribution in [0.3, 0.4) is 0 Å². The molecule has 3 atom stereocenters. The number of β-amino-alcohol motifs (C(OH)–C–C–N with tert-alkyl or cyclic N) is 1. The van der Waals surface area contributed by atoms with Crippen LogP contribution in [0.4, 0.5) is 13.2 Å². The Hall–Kier alpha value is -1.15. The summed E-state index contributed by atoms with van der Waals surface area (Å²) in [5.41, 5.74) is -0.832. The first-order chi connectivity index (χ1) is 10.7. The largest absolute Gasteiger partial charge is 0.416 e. The first kappa shape index (κ1) is 18.2. The number of ether oxygens (including phenoxy) is 1. The molecule has 0 radical (unpaired) electrons. The quantitative estimate of drug-likeness (QED) is 0.867. The van der Waals surface area contributed by atoms with Gasteiger partial charge in [0.15, 0.2) is 0 Å². The summed E-state index contributed by atoms with van der Waals surface area (Å²) >= 11 is 0. The molecule has 1 aliphatic rings. The number of rotatable bonds is 5. The number of aliphatic hydroxyl groups excluding tert-OH is 2. The fourth-order valence-electron chi connectivity index (χ4n) is 2.98. The van der Waals surface area contributed by atoms with E-state index in [1.807, 2.05) is 11.8 Å². The molecule has 2 unspecified atom stereocenters. The average molecular weight is 333 g/mol. The van der Waals surface area contributed by atoms with E-state index in [1.165, 1.54) is 12.1 Å². The monoisotopic (exact) mass is 333 g/mol. The van der Waals surface area contributed by atoms with Crippen molar-refractivity contribution in [1.29, 1.82) is 0 Å². The van der Waals surface area contributed by atoms with E-state index in [1.54, 1.807) is 7.11 Å². The van der Waals surface area contributed by atoms with Crippen LogP contribution in [-0.4, -0.2) is 53.6 Å². The van der Waals surface area contributed by atoms with Crippen LogP contribution in [-0.2, 0) is 10.9 Å². The lowest BCUT2D eigenvalue weighted by Crippen LogP contribution is -2.46. The van der Waals surface area contributed by atoms with Gasteiger partial charge in [-0.25, -0.2) is 0 Å². The maximum atomic E-state index is 12.6. The number of nitrogens with zero attached hydrogens (tertiary/aromatic N) is 1. The van der Waals surface area contributed by atoms with Crippen molar-refractivity contribution in [3.8, 4) is 0 Å². The topological polar surface area (TPSA) is 52.9 Å². The van der Waals surface area contributed by atoms with Crippen LogP contribution in [0, 0.1) is 0 Å². The third-order valence-electron chi connectivity index (χ3n) is 4.54. The highest BCUT2D eigenvalue weighted by Crippen LogP contribution is 2.33. The SMILES string of the molecule is COC1CN(C[C@@H](O)c2ccc(C(F)(F)F)cc2)C(C)(CO)C1. The summed E-state index contributed by atoms with van der Waals surface area (Å²) in [7, 11) is 1.60. The number of halogens is 3. The predicted molar refractivity (Wildman–Crippen MR) is 78.9 cm³/mol. The normalized spacial score (nSPS) is 27.3. The lowest BCUT2D eigenvalue weighted by molar-refractivity contribution is -0.137. The standard InChI is InChI=1S/C16H22F3NO3/c1-15(10-21)7-13(23-2)8-20(15)9-14(22)11-3-5-12(6-4-11)16(17,18)19/h3-6,13-14,21-22H,7-10H2,1-2H3/t13?,14-,15?/m1/s1. The van der Waals surface area contributed by atoms with Crippen molar-refractivity contribution >= 4 is 0 Å². The fraction of sp³-hybridized carbons (Fsp3) is 0.625. The second-order valence-corrected chi connectivity index (χ2v) is 6.26. The van der Waals surface area contributed by atoms with Gasteiger partial charge in [-0.05, 0) is 31.0 Å². The van der Waals surface area contributed by atoms with Crippen LogP contribution in [0.1, 0.15) is 30.6 Å². The Kier molecular flexibility index (Phi) is 5.35. The van der Waals surface area contributed by atoms with Crippen LogP contribution in [0.2, 0.25) is 0 Å². The number of aliphatic hydroxyl groups is 2. The molecule has 130 valence electrons. The number of benzene rings is 1. The van der Waals surface area contributed by atoms with Gasteiger partial charge in [0.05, 0.1) is 24.4 Å². The third-order valence-corrected chi connectivity index (χ3v) is 4.54. The number of methoxy groups -OCH3 is 1. The van der Waals surface area contributed by atoms with E-state index in [4.69, 9.17) is 4.74 Å². The van der Waals surface area contributed by atoms with Crippen LogP contribution >= 0.6 is 0 Å². The van der Waals surface area contributed by atoms with E-state index in [-0.39, 0.29) is 19.3 Å². The van der Waals surface area contributed by atoms with E-state index >= 15 is 0 Å². The molecule has 7 heteroatoms. The molecule has 1 fully saturated rings. The Morgan fingerprint density at radius 1 is 1.35 bits per heavy atom. The molecule has 0 amide bonds. The van der Waals surface area contributed by atoms with E-state index in [0.29, 0.717) is 18.5 Å². The van der Waals surface area contributed by atoms with E-state index < -0.39 is 23.4 Å². The summed E-state index contributed by atoms with van der Waals surface area (Å²) in [5.74, 6) is 0. The van der Waals surface area contributed by atoms with Gasteiger partial charge in [-0.15, -0.1) is 0 Å². The number of hydrogen-bond donors (Lipinski definition) is 2. The molecule has 23 heavy (non-hydrogen) atoms. The molecule has 0 saturated carbocycles. The maximum absolute atomic E-state index is 12.6. The molecule has 1 aliphatic heterocycles.